The summed E-state index contributed by atoms with van der Waals surface area (Å²) < 4.78 is 38.7. The minimum atomic E-state index is -4.02. The molecule has 0 aliphatic carbocycles. The molecule has 10 heteroatoms. The molecule has 0 spiro atoms. The number of benzene rings is 3. The van der Waals surface area contributed by atoms with Gasteiger partial charge >= 0.3 is 0 Å². The van der Waals surface area contributed by atoms with Crippen molar-refractivity contribution in [2.75, 3.05) is 30.8 Å². The molecule has 178 valence electrons. The molecule has 0 fully saturated rings. The smallest absolute Gasteiger partial charge is 0.265 e. The summed E-state index contributed by atoms with van der Waals surface area (Å²) in [7, 11) is -1.15. The third kappa shape index (κ3) is 6.48. The van der Waals surface area contributed by atoms with Gasteiger partial charge in [0.2, 0.25) is 5.91 Å². The molecule has 2 amide bonds. The standard InChI is InChI=1S/C24H25N3O6S/c1-32-20-11-8-18(9-12-20)27-34(30,31)22-16-19(10-13-21(22)33-2)26-23(28)14-15-25-24(29)17-6-4-3-5-7-17/h3-13,16,27H,14-15H2,1-2H3,(H,25,29)(H,26,28). The van der Waals surface area contributed by atoms with Crippen LogP contribution < -0.4 is 24.8 Å². The van der Waals surface area contributed by atoms with Crippen LogP contribution >= 0.6 is 0 Å². The third-order valence-corrected chi connectivity index (χ3v) is 6.16. The SMILES string of the molecule is COc1ccc(NS(=O)(=O)c2cc(NC(=O)CCNC(=O)c3ccccc3)ccc2OC)cc1. The van der Waals surface area contributed by atoms with Crippen molar-refractivity contribution in [2.24, 2.45) is 0 Å². The molecule has 0 aromatic heterocycles. The first-order chi connectivity index (χ1) is 16.3. The first-order valence-electron chi connectivity index (χ1n) is 10.3. The van der Waals surface area contributed by atoms with E-state index < -0.39 is 10.0 Å². The molecular weight excluding hydrogens is 458 g/mol. The molecule has 0 radical (unpaired) electrons. The number of carbonyl (C=O) groups excluding carboxylic acids is 2. The lowest BCUT2D eigenvalue weighted by Crippen LogP contribution is -2.27. The summed E-state index contributed by atoms with van der Waals surface area (Å²) in [6, 6.07) is 19.3. The van der Waals surface area contributed by atoms with Crippen LogP contribution in [0.25, 0.3) is 0 Å². The summed E-state index contributed by atoms with van der Waals surface area (Å²) in [5, 5.41) is 5.31. The van der Waals surface area contributed by atoms with Gasteiger partial charge in [0, 0.05) is 29.9 Å². The minimum absolute atomic E-state index is 0.0107. The molecule has 0 bridgehead atoms. The van der Waals surface area contributed by atoms with E-state index >= 15 is 0 Å². The maximum atomic E-state index is 13.0. The Hall–Kier alpha value is -4.05. The van der Waals surface area contributed by atoms with E-state index in [2.05, 4.69) is 15.4 Å². The highest BCUT2D eigenvalue weighted by atomic mass is 32.2. The number of hydrogen-bond acceptors (Lipinski definition) is 6. The lowest BCUT2D eigenvalue weighted by molar-refractivity contribution is -0.116. The number of hydrogen-bond donors (Lipinski definition) is 3. The van der Waals surface area contributed by atoms with Gasteiger partial charge in [-0.25, -0.2) is 8.42 Å². The van der Waals surface area contributed by atoms with E-state index in [9.17, 15) is 18.0 Å². The van der Waals surface area contributed by atoms with Crippen LogP contribution in [0, 0.1) is 0 Å². The second-order valence-corrected chi connectivity index (χ2v) is 8.77. The molecule has 0 heterocycles. The van der Waals surface area contributed by atoms with E-state index in [1.807, 2.05) is 0 Å². The number of nitrogens with one attached hydrogen (secondary N) is 3. The zero-order valence-corrected chi connectivity index (χ0v) is 19.5. The van der Waals surface area contributed by atoms with E-state index in [1.165, 1.54) is 32.4 Å². The van der Waals surface area contributed by atoms with Crippen LogP contribution in [0.4, 0.5) is 11.4 Å². The Kier molecular flexibility index (Phi) is 8.10. The van der Waals surface area contributed by atoms with Crippen LogP contribution in [0.2, 0.25) is 0 Å². The Balaban J connectivity index is 1.65. The first kappa shape index (κ1) is 24.6. The molecule has 34 heavy (non-hydrogen) atoms. The number of rotatable bonds is 10. The van der Waals surface area contributed by atoms with Gasteiger partial charge in [-0.05, 0) is 54.6 Å². The van der Waals surface area contributed by atoms with Crippen molar-refractivity contribution in [2.45, 2.75) is 11.3 Å². The summed E-state index contributed by atoms with van der Waals surface area (Å²) >= 11 is 0. The summed E-state index contributed by atoms with van der Waals surface area (Å²) in [6.45, 7) is 0.125. The zero-order chi connectivity index (χ0) is 24.6. The van der Waals surface area contributed by atoms with Gasteiger partial charge in [0.05, 0.1) is 14.2 Å². The van der Waals surface area contributed by atoms with Crippen molar-refractivity contribution in [1.82, 2.24) is 5.32 Å². The molecule has 0 saturated carbocycles. The second kappa shape index (κ2) is 11.2. The fourth-order valence-corrected chi connectivity index (χ4v) is 4.29. The van der Waals surface area contributed by atoms with Crippen molar-refractivity contribution in [3.63, 3.8) is 0 Å². The largest absolute Gasteiger partial charge is 0.497 e. The van der Waals surface area contributed by atoms with Gasteiger partial charge in [-0.2, -0.15) is 0 Å². The number of amides is 2. The Labute approximate surface area is 198 Å². The Morgan fingerprint density at radius 1 is 0.853 bits per heavy atom. The Morgan fingerprint density at radius 3 is 2.18 bits per heavy atom. The van der Waals surface area contributed by atoms with Crippen LogP contribution in [0.1, 0.15) is 16.8 Å². The van der Waals surface area contributed by atoms with Crippen molar-refractivity contribution >= 4 is 33.2 Å². The quantitative estimate of drug-likeness (QED) is 0.407. The van der Waals surface area contributed by atoms with Crippen LogP contribution in [0.3, 0.4) is 0 Å². The maximum Gasteiger partial charge on any atom is 0.265 e. The molecule has 0 saturated heterocycles. The normalized spacial score (nSPS) is 10.8. The average molecular weight is 484 g/mol. The van der Waals surface area contributed by atoms with Gasteiger partial charge in [-0.3, -0.25) is 14.3 Å². The molecule has 0 aliphatic rings. The van der Waals surface area contributed by atoms with Crippen LogP contribution in [0.15, 0.2) is 77.7 Å². The number of anilines is 2. The average Bonchev–Trinajstić information content (AvgIpc) is 2.84. The summed E-state index contributed by atoms with van der Waals surface area (Å²) in [4.78, 5) is 24.2. The van der Waals surface area contributed by atoms with Gasteiger partial charge in [0.1, 0.15) is 16.4 Å². The van der Waals surface area contributed by atoms with Gasteiger partial charge in [-0.15, -0.1) is 0 Å². The highest BCUT2D eigenvalue weighted by molar-refractivity contribution is 7.92. The highest BCUT2D eigenvalue weighted by Crippen LogP contribution is 2.29. The molecule has 0 aliphatic heterocycles. The first-order valence-corrected chi connectivity index (χ1v) is 11.8. The predicted molar refractivity (Wildman–Crippen MR) is 129 cm³/mol. The van der Waals surface area contributed by atoms with E-state index in [0.29, 0.717) is 17.0 Å². The molecule has 9 nitrogen and oxygen atoms in total. The second-order valence-electron chi connectivity index (χ2n) is 7.12. The lowest BCUT2D eigenvalue weighted by atomic mass is 10.2. The monoisotopic (exact) mass is 483 g/mol. The van der Waals surface area contributed by atoms with Crippen molar-refractivity contribution < 1.29 is 27.5 Å². The Bertz CT molecular complexity index is 1250. The van der Waals surface area contributed by atoms with Gasteiger partial charge in [0.25, 0.3) is 15.9 Å². The predicted octanol–water partition coefficient (Wildman–Crippen LogP) is 3.26. The van der Waals surface area contributed by atoms with Crippen molar-refractivity contribution in [3.8, 4) is 11.5 Å². The molecule has 3 aromatic rings. The maximum absolute atomic E-state index is 13.0. The van der Waals surface area contributed by atoms with Crippen LogP contribution in [-0.4, -0.2) is 41.0 Å². The van der Waals surface area contributed by atoms with Crippen LogP contribution in [-0.2, 0) is 14.8 Å². The number of ether oxygens (including phenoxy) is 2. The van der Waals surface area contributed by atoms with E-state index in [4.69, 9.17) is 9.47 Å². The number of methoxy groups -OCH3 is 2. The van der Waals surface area contributed by atoms with Gasteiger partial charge < -0.3 is 20.1 Å². The molecular formula is C24H25N3O6S. The van der Waals surface area contributed by atoms with E-state index in [0.717, 1.165) is 0 Å². The summed E-state index contributed by atoms with van der Waals surface area (Å²) in [5.74, 6) is 0.0418. The fraction of sp³-hybridized carbons (Fsp3) is 0.167. The van der Waals surface area contributed by atoms with Crippen molar-refractivity contribution in [1.29, 1.82) is 0 Å². The molecule has 3 aromatic carbocycles. The highest BCUT2D eigenvalue weighted by Gasteiger charge is 2.21. The molecule has 3 rings (SSSR count). The van der Waals surface area contributed by atoms with Gasteiger partial charge in [-0.1, -0.05) is 18.2 Å². The number of carbonyl (C=O) groups is 2. The lowest BCUT2D eigenvalue weighted by Gasteiger charge is -2.14. The Morgan fingerprint density at radius 2 is 1.53 bits per heavy atom. The zero-order valence-electron chi connectivity index (χ0n) is 18.7. The summed E-state index contributed by atoms with van der Waals surface area (Å²) in [5.41, 5.74) is 1.11. The van der Waals surface area contributed by atoms with Gasteiger partial charge in [0.15, 0.2) is 0 Å². The minimum Gasteiger partial charge on any atom is -0.497 e. The molecule has 0 unspecified atom stereocenters. The van der Waals surface area contributed by atoms with E-state index in [1.54, 1.807) is 54.6 Å². The third-order valence-electron chi connectivity index (χ3n) is 4.75. The topological polar surface area (TPSA) is 123 Å². The number of sulfonamides is 1. The van der Waals surface area contributed by atoms with Crippen LogP contribution in [0.5, 0.6) is 11.5 Å². The summed E-state index contributed by atoms with van der Waals surface area (Å²) in [6.07, 6.45) is 0.0107. The fourth-order valence-electron chi connectivity index (χ4n) is 3.04. The molecule has 3 N–H and O–H groups in total. The molecule has 0 atom stereocenters. The van der Waals surface area contributed by atoms with E-state index in [-0.39, 0.29) is 41.1 Å². The van der Waals surface area contributed by atoms with Crippen molar-refractivity contribution in [3.05, 3.63) is 78.4 Å².